The van der Waals surface area contributed by atoms with Gasteiger partial charge >= 0.3 is 5.97 Å². The van der Waals surface area contributed by atoms with E-state index in [2.05, 4.69) is 4.72 Å². The summed E-state index contributed by atoms with van der Waals surface area (Å²) < 4.78 is 25.2. The molecule has 0 spiro atoms. The van der Waals surface area contributed by atoms with E-state index < -0.39 is 28.0 Å². The van der Waals surface area contributed by atoms with Crippen molar-refractivity contribution in [2.75, 3.05) is 19.3 Å². The summed E-state index contributed by atoms with van der Waals surface area (Å²) in [6, 6.07) is -0.826. The molecule has 0 aromatic rings. The van der Waals surface area contributed by atoms with Crippen molar-refractivity contribution in [3.8, 4) is 0 Å². The molecular weight excluding hydrogens is 296 g/mol. The van der Waals surface area contributed by atoms with E-state index in [0.717, 1.165) is 6.26 Å². The number of amides is 1. The standard InChI is InChI=1S/C13H24N2O5S/c1-9(2)7-11(14-21(3,19)20)12(16)15-6-4-5-10(8-15)13(17)18/h9-11,14H,4-8H2,1-3H3,(H,17,18). The lowest BCUT2D eigenvalue weighted by Gasteiger charge is -2.33. The SMILES string of the molecule is CC(C)CC(NS(C)(=O)=O)C(=O)N1CCCC(C(=O)O)C1. The zero-order valence-electron chi connectivity index (χ0n) is 12.7. The molecule has 0 aromatic carbocycles. The third-order valence-electron chi connectivity index (χ3n) is 3.44. The number of aliphatic carboxylic acids is 1. The van der Waals surface area contributed by atoms with Gasteiger partial charge in [-0.2, -0.15) is 0 Å². The number of nitrogens with one attached hydrogen (secondary N) is 1. The van der Waals surface area contributed by atoms with E-state index in [9.17, 15) is 18.0 Å². The van der Waals surface area contributed by atoms with Gasteiger partial charge in [0.2, 0.25) is 15.9 Å². The van der Waals surface area contributed by atoms with E-state index in [0.29, 0.717) is 25.8 Å². The molecular formula is C13H24N2O5S. The van der Waals surface area contributed by atoms with Crippen LogP contribution in [-0.2, 0) is 19.6 Å². The van der Waals surface area contributed by atoms with E-state index in [4.69, 9.17) is 5.11 Å². The number of carboxylic acids is 1. The van der Waals surface area contributed by atoms with Crippen LogP contribution in [0.2, 0.25) is 0 Å². The van der Waals surface area contributed by atoms with Gasteiger partial charge < -0.3 is 10.0 Å². The average molecular weight is 320 g/mol. The van der Waals surface area contributed by atoms with Crippen molar-refractivity contribution in [3.05, 3.63) is 0 Å². The van der Waals surface area contributed by atoms with Crippen molar-refractivity contribution in [2.45, 2.75) is 39.2 Å². The van der Waals surface area contributed by atoms with Gasteiger partial charge in [0.05, 0.1) is 12.2 Å². The fourth-order valence-corrected chi connectivity index (χ4v) is 3.24. The second-order valence-corrected chi connectivity index (χ2v) is 7.81. The minimum absolute atomic E-state index is 0.147. The fourth-order valence-electron chi connectivity index (χ4n) is 2.53. The summed E-state index contributed by atoms with van der Waals surface area (Å²) in [6.07, 6.45) is 2.58. The van der Waals surface area contributed by atoms with Crippen LogP contribution in [0.5, 0.6) is 0 Å². The molecule has 0 saturated carbocycles. The average Bonchev–Trinajstić information content (AvgIpc) is 2.35. The maximum Gasteiger partial charge on any atom is 0.308 e. The van der Waals surface area contributed by atoms with Crippen LogP contribution in [0, 0.1) is 11.8 Å². The van der Waals surface area contributed by atoms with E-state index in [1.54, 1.807) is 0 Å². The summed E-state index contributed by atoms with van der Waals surface area (Å²) in [7, 11) is -3.50. The predicted molar refractivity (Wildman–Crippen MR) is 78.2 cm³/mol. The van der Waals surface area contributed by atoms with Crippen LogP contribution in [0.4, 0.5) is 0 Å². The number of rotatable bonds is 6. The van der Waals surface area contributed by atoms with Crippen LogP contribution in [0.1, 0.15) is 33.1 Å². The monoisotopic (exact) mass is 320 g/mol. The summed E-state index contributed by atoms with van der Waals surface area (Å²) in [5, 5.41) is 9.06. The highest BCUT2D eigenvalue weighted by atomic mass is 32.2. The normalized spacial score (nSPS) is 21.3. The Morgan fingerprint density at radius 1 is 1.38 bits per heavy atom. The first-order chi connectivity index (χ1) is 9.60. The zero-order valence-corrected chi connectivity index (χ0v) is 13.5. The molecule has 1 aliphatic heterocycles. The van der Waals surface area contributed by atoms with Gasteiger partial charge in [0.1, 0.15) is 6.04 Å². The van der Waals surface area contributed by atoms with Crippen molar-refractivity contribution in [1.82, 2.24) is 9.62 Å². The molecule has 21 heavy (non-hydrogen) atoms. The quantitative estimate of drug-likeness (QED) is 0.731. The summed E-state index contributed by atoms with van der Waals surface area (Å²) in [5.41, 5.74) is 0. The Bertz CT molecular complexity index is 489. The van der Waals surface area contributed by atoms with Crippen molar-refractivity contribution in [1.29, 1.82) is 0 Å². The van der Waals surface area contributed by atoms with E-state index in [1.165, 1.54) is 4.90 Å². The molecule has 1 rings (SSSR count). The number of sulfonamides is 1. The fraction of sp³-hybridized carbons (Fsp3) is 0.846. The lowest BCUT2D eigenvalue weighted by atomic mass is 9.96. The molecule has 0 aromatic heterocycles. The molecule has 1 aliphatic rings. The molecule has 2 atom stereocenters. The maximum absolute atomic E-state index is 12.5. The van der Waals surface area contributed by atoms with Crippen LogP contribution >= 0.6 is 0 Å². The number of nitrogens with zero attached hydrogens (tertiary/aromatic N) is 1. The van der Waals surface area contributed by atoms with Gasteiger partial charge in [-0.1, -0.05) is 13.8 Å². The summed E-state index contributed by atoms with van der Waals surface area (Å²) in [6.45, 7) is 4.43. The molecule has 7 nitrogen and oxygen atoms in total. The van der Waals surface area contributed by atoms with Crippen molar-refractivity contribution >= 4 is 21.9 Å². The smallest absolute Gasteiger partial charge is 0.308 e. The molecule has 0 aliphatic carbocycles. The number of carbonyl (C=O) groups is 2. The Hall–Kier alpha value is -1.15. The number of hydrogen-bond donors (Lipinski definition) is 2. The van der Waals surface area contributed by atoms with Crippen LogP contribution in [0.3, 0.4) is 0 Å². The Morgan fingerprint density at radius 2 is 2.00 bits per heavy atom. The van der Waals surface area contributed by atoms with Crippen molar-refractivity contribution < 1.29 is 23.1 Å². The van der Waals surface area contributed by atoms with Crippen molar-refractivity contribution in [3.63, 3.8) is 0 Å². The lowest BCUT2D eigenvalue weighted by molar-refractivity contribution is -0.146. The van der Waals surface area contributed by atoms with Crippen molar-refractivity contribution in [2.24, 2.45) is 11.8 Å². The number of piperidine rings is 1. The van der Waals surface area contributed by atoms with Gasteiger partial charge in [-0.15, -0.1) is 0 Å². The molecule has 0 radical (unpaired) electrons. The first kappa shape index (κ1) is 17.9. The molecule has 0 bridgehead atoms. The zero-order chi connectivity index (χ0) is 16.2. The van der Waals surface area contributed by atoms with Crippen LogP contribution in [-0.4, -0.2) is 55.7 Å². The van der Waals surface area contributed by atoms with Crippen LogP contribution < -0.4 is 4.72 Å². The van der Waals surface area contributed by atoms with Gasteiger partial charge in [-0.25, -0.2) is 13.1 Å². The highest BCUT2D eigenvalue weighted by molar-refractivity contribution is 7.88. The van der Waals surface area contributed by atoms with E-state index >= 15 is 0 Å². The molecule has 2 N–H and O–H groups in total. The van der Waals surface area contributed by atoms with E-state index in [1.807, 2.05) is 13.8 Å². The second-order valence-electron chi connectivity index (χ2n) is 6.03. The minimum atomic E-state index is -3.50. The number of likely N-dealkylation sites (tertiary alicyclic amines) is 1. The lowest BCUT2D eigenvalue weighted by Crippen LogP contribution is -2.52. The molecule has 1 fully saturated rings. The van der Waals surface area contributed by atoms with Gasteiger partial charge in [-0.3, -0.25) is 9.59 Å². The number of carboxylic acid groups (broad SMARTS) is 1. The summed E-state index contributed by atoms with van der Waals surface area (Å²) in [5.74, 6) is -1.67. The van der Waals surface area contributed by atoms with E-state index in [-0.39, 0.29) is 18.4 Å². The molecule has 122 valence electrons. The topological polar surface area (TPSA) is 104 Å². The minimum Gasteiger partial charge on any atom is -0.481 e. The summed E-state index contributed by atoms with van der Waals surface area (Å²) in [4.78, 5) is 25.0. The largest absolute Gasteiger partial charge is 0.481 e. The highest BCUT2D eigenvalue weighted by Gasteiger charge is 2.33. The Balaban J connectivity index is 2.81. The number of hydrogen-bond acceptors (Lipinski definition) is 4. The molecule has 1 amide bonds. The molecule has 8 heteroatoms. The van der Waals surface area contributed by atoms with Crippen LogP contribution in [0.25, 0.3) is 0 Å². The molecule has 1 heterocycles. The Labute approximate surface area is 125 Å². The van der Waals surface area contributed by atoms with Gasteiger partial charge in [0.15, 0.2) is 0 Å². The first-order valence-electron chi connectivity index (χ1n) is 7.09. The molecule has 1 saturated heterocycles. The molecule has 2 unspecified atom stereocenters. The summed E-state index contributed by atoms with van der Waals surface area (Å²) >= 11 is 0. The highest BCUT2D eigenvalue weighted by Crippen LogP contribution is 2.19. The van der Waals surface area contributed by atoms with Crippen LogP contribution in [0.15, 0.2) is 0 Å². The number of carbonyl (C=O) groups excluding carboxylic acids is 1. The maximum atomic E-state index is 12.5. The first-order valence-corrected chi connectivity index (χ1v) is 8.98. The van der Waals surface area contributed by atoms with Gasteiger partial charge in [0.25, 0.3) is 0 Å². The second kappa shape index (κ2) is 7.22. The Kier molecular flexibility index (Phi) is 6.15. The third-order valence-corrected chi connectivity index (χ3v) is 4.16. The van der Waals surface area contributed by atoms with Gasteiger partial charge in [0, 0.05) is 13.1 Å². The third kappa shape index (κ3) is 6.01. The van der Waals surface area contributed by atoms with Gasteiger partial charge in [-0.05, 0) is 25.2 Å². The predicted octanol–water partition coefficient (Wildman–Crippen LogP) is 0.274. The Morgan fingerprint density at radius 3 is 2.48 bits per heavy atom.